The van der Waals surface area contributed by atoms with Crippen LogP contribution in [0.1, 0.15) is 16.1 Å². The van der Waals surface area contributed by atoms with Crippen LogP contribution in [0, 0.1) is 0 Å². The molecule has 0 spiro atoms. The molecule has 0 saturated carbocycles. The fraction of sp³-hybridized carbons (Fsp3) is 0.176. The predicted octanol–water partition coefficient (Wildman–Crippen LogP) is 3.09. The van der Waals surface area contributed by atoms with Crippen LogP contribution in [0.2, 0.25) is 0 Å². The number of thiophene rings is 1. The third-order valence-corrected chi connectivity index (χ3v) is 4.36. The Morgan fingerprint density at radius 1 is 1.21 bits per heavy atom. The van der Waals surface area contributed by atoms with Gasteiger partial charge in [0.2, 0.25) is 0 Å². The molecule has 0 fully saturated rings. The number of aromatic nitrogens is 2. The molecule has 2 N–H and O–H groups in total. The summed E-state index contributed by atoms with van der Waals surface area (Å²) in [6, 6.07) is 11.2. The molecule has 0 saturated heterocycles. The van der Waals surface area contributed by atoms with E-state index in [-0.39, 0.29) is 5.91 Å². The fourth-order valence-electron chi connectivity index (χ4n) is 2.24. The van der Waals surface area contributed by atoms with Crippen molar-refractivity contribution < 1.29 is 14.3 Å². The Hall–Kier alpha value is -2.80. The monoisotopic (exact) mass is 343 g/mol. The van der Waals surface area contributed by atoms with Gasteiger partial charge in [-0.2, -0.15) is 5.10 Å². The van der Waals surface area contributed by atoms with Crippen molar-refractivity contribution in [2.75, 3.05) is 14.2 Å². The first-order valence-corrected chi connectivity index (χ1v) is 8.17. The van der Waals surface area contributed by atoms with Gasteiger partial charge >= 0.3 is 0 Å². The second kappa shape index (κ2) is 7.18. The van der Waals surface area contributed by atoms with Gasteiger partial charge < -0.3 is 14.8 Å². The highest BCUT2D eigenvalue weighted by Gasteiger charge is 2.12. The number of carbonyl (C=O) groups excluding carboxylic acids is 1. The summed E-state index contributed by atoms with van der Waals surface area (Å²) in [5.74, 6) is 1.12. The summed E-state index contributed by atoms with van der Waals surface area (Å²) in [6.45, 7) is 0.355. The van der Waals surface area contributed by atoms with Crippen LogP contribution in [-0.4, -0.2) is 30.3 Å². The Kier molecular flexibility index (Phi) is 4.81. The third kappa shape index (κ3) is 3.57. The van der Waals surface area contributed by atoms with Crippen molar-refractivity contribution in [2.45, 2.75) is 6.54 Å². The van der Waals surface area contributed by atoms with Crippen molar-refractivity contribution >= 4 is 17.2 Å². The van der Waals surface area contributed by atoms with Gasteiger partial charge in [0.25, 0.3) is 5.91 Å². The van der Waals surface area contributed by atoms with E-state index in [4.69, 9.17) is 9.47 Å². The van der Waals surface area contributed by atoms with Gasteiger partial charge in [-0.3, -0.25) is 9.89 Å². The standard InChI is InChI=1S/C17H17N3O3S/c1-22-12-6-11(7-13(8-12)23-2)10-18-17(21)15-9-14(19-20-15)16-4-3-5-24-16/h3-9H,10H2,1-2H3,(H,18,21)(H,19,20). The number of ether oxygens (including phenoxy) is 2. The molecule has 3 aromatic rings. The zero-order valence-electron chi connectivity index (χ0n) is 13.3. The first-order chi connectivity index (χ1) is 11.7. The number of benzene rings is 1. The van der Waals surface area contributed by atoms with E-state index in [1.165, 1.54) is 0 Å². The molecule has 1 aromatic carbocycles. The van der Waals surface area contributed by atoms with Crippen LogP contribution >= 0.6 is 11.3 Å². The van der Waals surface area contributed by atoms with Gasteiger partial charge in [-0.1, -0.05) is 6.07 Å². The predicted molar refractivity (Wildman–Crippen MR) is 92.6 cm³/mol. The highest BCUT2D eigenvalue weighted by atomic mass is 32.1. The lowest BCUT2D eigenvalue weighted by Gasteiger charge is -2.09. The van der Waals surface area contributed by atoms with Crippen molar-refractivity contribution in [3.63, 3.8) is 0 Å². The minimum Gasteiger partial charge on any atom is -0.497 e. The van der Waals surface area contributed by atoms with Gasteiger partial charge in [0.05, 0.1) is 24.8 Å². The highest BCUT2D eigenvalue weighted by Crippen LogP contribution is 2.24. The first-order valence-electron chi connectivity index (χ1n) is 7.29. The molecule has 0 aliphatic carbocycles. The molecule has 7 heteroatoms. The SMILES string of the molecule is COc1cc(CNC(=O)c2cc(-c3cccs3)[nH]n2)cc(OC)c1. The van der Waals surface area contributed by atoms with E-state index in [0.717, 1.165) is 16.1 Å². The van der Waals surface area contributed by atoms with Gasteiger partial charge in [0.15, 0.2) is 5.69 Å². The molecule has 2 heterocycles. The minimum atomic E-state index is -0.240. The summed E-state index contributed by atoms with van der Waals surface area (Å²) >= 11 is 1.59. The first kappa shape index (κ1) is 16.1. The maximum absolute atomic E-state index is 12.3. The van der Waals surface area contributed by atoms with Crippen molar-refractivity contribution in [1.29, 1.82) is 0 Å². The molecule has 6 nitrogen and oxygen atoms in total. The molecule has 1 amide bonds. The summed E-state index contributed by atoms with van der Waals surface area (Å²) in [7, 11) is 3.18. The molecule has 0 aliphatic heterocycles. The van der Waals surface area contributed by atoms with Gasteiger partial charge in [-0.05, 0) is 35.2 Å². The van der Waals surface area contributed by atoms with Crippen LogP contribution in [-0.2, 0) is 6.54 Å². The molecule has 2 aromatic heterocycles. The normalized spacial score (nSPS) is 10.4. The Morgan fingerprint density at radius 3 is 2.58 bits per heavy atom. The number of methoxy groups -OCH3 is 2. The zero-order chi connectivity index (χ0) is 16.9. The van der Waals surface area contributed by atoms with Crippen molar-refractivity contribution in [1.82, 2.24) is 15.5 Å². The fourth-order valence-corrected chi connectivity index (χ4v) is 2.93. The smallest absolute Gasteiger partial charge is 0.272 e. The summed E-state index contributed by atoms with van der Waals surface area (Å²) in [4.78, 5) is 13.3. The maximum atomic E-state index is 12.3. The Bertz CT molecular complexity index is 805. The van der Waals surface area contributed by atoms with E-state index < -0.39 is 0 Å². The van der Waals surface area contributed by atoms with Gasteiger partial charge in [0, 0.05) is 12.6 Å². The van der Waals surface area contributed by atoms with Crippen LogP contribution < -0.4 is 14.8 Å². The van der Waals surface area contributed by atoms with Gasteiger partial charge in [-0.15, -0.1) is 11.3 Å². The van der Waals surface area contributed by atoms with E-state index in [9.17, 15) is 4.79 Å². The molecule has 0 unspecified atom stereocenters. The summed E-state index contributed by atoms with van der Waals surface area (Å²) in [5.41, 5.74) is 2.07. The quantitative estimate of drug-likeness (QED) is 0.721. The van der Waals surface area contributed by atoms with Gasteiger partial charge in [0.1, 0.15) is 11.5 Å². The number of hydrogen-bond donors (Lipinski definition) is 2. The maximum Gasteiger partial charge on any atom is 0.272 e. The number of amides is 1. The summed E-state index contributed by atoms with van der Waals surface area (Å²) in [6.07, 6.45) is 0. The number of hydrogen-bond acceptors (Lipinski definition) is 5. The number of nitrogens with zero attached hydrogens (tertiary/aromatic N) is 1. The van der Waals surface area contributed by atoms with E-state index in [0.29, 0.717) is 23.7 Å². The number of carbonyl (C=O) groups is 1. The van der Waals surface area contributed by atoms with E-state index in [2.05, 4.69) is 15.5 Å². The highest BCUT2D eigenvalue weighted by molar-refractivity contribution is 7.13. The second-order valence-electron chi connectivity index (χ2n) is 5.05. The Morgan fingerprint density at radius 2 is 1.96 bits per heavy atom. The Balaban J connectivity index is 1.67. The summed E-state index contributed by atoms with van der Waals surface area (Å²) < 4.78 is 10.4. The van der Waals surface area contributed by atoms with Gasteiger partial charge in [-0.25, -0.2) is 0 Å². The zero-order valence-corrected chi connectivity index (χ0v) is 14.1. The molecule has 0 radical (unpaired) electrons. The minimum absolute atomic E-state index is 0.240. The molecule has 0 aliphatic rings. The largest absolute Gasteiger partial charge is 0.497 e. The molecule has 124 valence electrons. The van der Waals surface area contributed by atoms with Crippen LogP contribution in [0.3, 0.4) is 0 Å². The third-order valence-electron chi connectivity index (χ3n) is 3.46. The average Bonchev–Trinajstić information content (AvgIpc) is 3.30. The topological polar surface area (TPSA) is 76.2 Å². The van der Waals surface area contributed by atoms with Crippen LogP contribution in [0.5, 0.6) is 11.5 Å². The second-order valence-corrected chi connectivity index (χ2v) is 6.00. The van der Waals surface area contributed by atoms with Crippen LogP contribution in [0.15, 0.2) is 41.8 Å². The van der Waals surface area contributed by atoms with Crippen molar-refractivity contribution in [3.8, 4) is 22.1 Å². The lowest BCUT2D eigenvalue weighted by molar-refractivity contribution is 0.0946. The number of nitrogens with one attached hydrogen (secondary N) is 2. The molecule has 24 heavy (non-hydrogen) atoms. The van der Waals surface area contributed by atoms with Crippen molar-refractivity contribution in [3.05, 3.63) is 53.0 Å². The van der Waals surface area contributed by atoms with E-state index in [1.807, 2.05) is 29.6 Å². The van der Waals surface area contributed by atoms with Crippen LogP contribution in [0.25, 0.3) is 10.6 Å². The van der Waals surface area contributed by atoms with Crippen molar-refractivity contribution in [2.24, 2.45) is 0 Å². The number of aromatic amines is 1. The molecule has 3 rings (SSSR count). The molecule has 0 atom stereocenters. The average molecular weight is 343 g/mol. The molecule has 0 bridgehead atoms. The Labute approximate surface area is 143 Å². The van der Waals surface area contributed by atoms with E-state index >= 15 is 0 Å². The lowest BCUT2D eigenvalue weighted by atomic mass is 10.2. The molecular weight excluding hydrogens is 326 g/mol. The molecular formula is C17H17N3O3S. The number of H-pyrrole nitrogens is 1. The summed E-state index contributed by atoms with van der Waals surface area (Å²) in [5, 5.41) is 11.8. The van der Waals surface area contributed by atoms with E-state index in [1.54, 1.807) is 37.7 Å². The van der Waals surface area contributed by atoms with Crippen LogP contribution in [0.4, 0.5) is 0 Å². The lowest BCUT2D eigenvalue weighted by Crippen LogP contribution is -2.23. The number of rotatable bonds is 6.